The zero-order valence-corrected chi connectivity index (χ0v) is 11.4. The molecular weight excluding hydrogens is 295 g/mol. The van der Waals surface area contributed by atoms with E-state index in [0.717, 1.165) is 12.1 Å². The van der Waals surface area contributed by atoms with E-state index in [0.29, 0.717) is 11.1 Å². The molecule has 0 aliphatic rings. The number of alkyl halides is 3. The van der Waals surface area contributed by atoms with Gasteiger partial charge in [-0.25, -0.2) is 4.79 Å². The van der Waals surface area contributed by atoms with Crippen molar-refractivity contribution in [3.63, 3.8) is 0 Å². The van der Waals surface area contributed by atoms with E-state index in [9.17, 15) is 18.0 Å². The normalized spacial score (nSPS) is 10.9. The number of carbonyl (C=O) groups excluding carboxylic acids is 1. The number of ether oxygens (including phenoxy) is 1. The van der Waals surface area contributed by atoms with Crippen molar-refractivity contribution in [2.45, 2.75) is 6.18 Å². The van der Waals surface area contributed by atoms with Crippen molar-refractivity contribution in [2.75, 3.05) is 7.11 Å². The summed E-state index contributed by atoms with van der Waals surface area (Å²) in [6.07, 6.45) is -4.41. The molecule has 0 aromatic heterocycles. The number of benzene rings is 2. The van der Waals surface area contributed by atoms with Crippen LogP contribution in [-0.4, -0.2) is 13.1 Å². The van der Waals surface area contributed by atoms with Crippen molar-refractivity contribution < 1.29 is 22.7 Å². The topological polar surface area (TPSA) is 50.1 Å². The summed E-state index contributed by atoms with van der Waals surface area (Å²) in [5.41, 5.74) is 0.531. The third-order valence-corrected chi connectivity index (χ3v) is 3.08. The highest BCUT2D eigenvalue weighted by Crippen LogP contribution is 2.32. The van der Waals surface area contributed by atoms with Crippen LogP contribution in [0.2, 0.25) is 0 Å². The van der Waals surface area contributed by atoms with Crippen LogP contribution in [-0.2, 0) is 10.9 Å². The molecule has 112 valence electrons. The zero-order chi connectivity index (χ0) is 16.3. The molecule has 0 radical (unpaired) electrons. The first-order valence-corrected chi connectivity index (χ1v) is 6.17. The van der Waals surface area contributed by atoms with Crippen LogP contribution in [0.25, 0.3) is 11.1 Å². The maximum absolute atomic E-state index is 12.5. The van der Waals surface area contributed by atoms with Gasteiger partial charge >= 0.3 is 12.1 Å². The van der Waals surface area contributed by atoms with Crippen LogP contribution >= 0.6 is 0 Å². The molecule has 0 amide bonds. The molecular formula is C16H10F3NO2. The lowest BCUT2D eigenvalue weighted by molar-refractivity contribution is -0.137. The van der Waals surface area contributed by atoms with Crippen molar-refractivity contribution in [3.05, 3.63) is 59.2 Å². The fraction of sp³-hybridized carbons (Fsp3) is 0.125. The second-order valence-electron chi connectivity index (χ2n) is 4.44. The summed E-state index contributed by atoms with van der Waals surface area (Å²) in [7, 11) is 1.22. The van der Waals surface area contributed by atoms with Gasteiger partial charge in [-0.05, 0) is 35.4 Å². The van der Waals surface area contributed by atoms with Crippen molar-refractivity contribution in [2.24, 2.45) is 0 Å². The molecule has 3 nitrogen and oxygen atoms in total. The Labute approximate surface area is 124 Å². The SMILES string of the molecule is COC(=O)c1ccc(-c2ccc(C(F)(F)F)cc2)c(C#N)c1. The van der Waals surface area contributed by atoms with Crippen molar-refractivity contribution in [1.82, 2.24) is 0 Å². The van der Waals surface area contributed by atoms with Gasteiger partial charge in [-0.15, -0.1) is 0 Å². The predicted molar refractivity (Wildman–Crippen MR) is 72.9 cm³/mol. The van der Waals surface area contributed by atoms with Crippen LogP contribution in [0.1, 0.15) is 21.5 Å². The van der Waals surface area contributed by atoms with Gasteiger partial charge in [0.1, 0.15) is 0 Å². The summed E-state index contributed by atoms with van der Waals surface area (Å²) in [5.74, 6) is -0.588. The molecule has 6 heteroatoms. The van der Waals surface area contributed by atoms with Gasteiger partial charge < -0.3 is 4.74 Å². The molecule has 22 heavy (non-hydrogen) atoms. The van der Waals surface area contributed by atoms with Gasteiger partial charge in [-0.1, -0.05) is 18.2 Å². The Hall–Kier alpha value is -2.81. The fourth-order valence-electron chi connectivity index (χ4n) is 1.97. The van der Waals surface area contributed by atoms with Gasteiger partial charge in [0.05, 0.1) is 29.9 Å². The Morgan fingerprint density at radius 1 is 1.14 bits per heavy atom. The number of nitrogens with zero attached hydrogens (tertiary/aromatic N) is 1. The highest BCUT2D eigenvalue weighted by molar-refractivity contribution is 5.91. The quantitative estimate of drug-likeness (QED) is 0.787. The Balaban J connectivity index is 2.45. The van der Waals surface area contributed by atoms with Crippen LogP contribution in [0.5, 0.6) is 0 Å². The molecule has 0 fully saturated rings. The molecule has 0 heterocycles. The van der Waals surface area contributed by atoms with E-state index >= 15 is 0 Å². The number of rotatable bonds is 2. The minimum atomic E-state index is -4.41. The first kappa shape index (κ1) is 15.6. The van der Waals surface area contributed by atoms with Crippen molar-refractivity contribution >= 4 is 5.97 Å². The lowest BCUT2D eigenvalue weighted by Crippen LogP contribution is -2.04. The van der Waals surface area contributed by atoms with E-state index in [-0.39, 0.29) is 11.1 Å². The number of nitriles is 1. The van der Waals surface area contributed by atoms with Crippen LogP contribution in [0.4, 0.5) is 13.2 Å². The number of carbonyl (C=O) groups is 1. The fourth-order valence-corrected chi connectivity index (χ4v) is 1.97. The molecule has 0 saturated carbocycles. The maximum atomic E-state index is 12.5. The highest BCUT2D eigenvalue weighted by Gasteiger charge is 2.30. The van der Waals surface area contributed by atoms with Gasteiger partial charge in [-0.3, -0.25) is 0 Å². The second kappa shape index (κ2) is 5.90. The number of halogens is 3. The average molecular weight is 305 g/mol. The number of esters is 1. The first-order valence-electron chi connectivity index (χ1n) is 6.17. The smallest absolute Gasteiger partial charge is 0.416 e. The molecule has 0 spiro atoms. The summed E-state index contributed by atoms with van der Waals surface area (Å²) in [6, 6.07) is 10.7. The van der Waals surface area contributed by atoms with E-state index in [1.54, 1.807) is 0 Å². The molecule has 2 aromatic carbocycles. The van der Waals surface area contributed by atoms with E-state index in [2.05, 4.69) is 4.74 Å². The Morgan fingerprint density at radius 3 is 2.27 bits per heavy atom. The van der Waals surface area contributed by atoms with Crippen molar-refractivity contribution in [1.29, 1.82) is 5.26 Å². The molecule has 0 aliphatic carbocycles. The Bertz CT molecular complexity index is 743. The van der Waals surface area contributed by atoms with Gasteiger partial charge in [0.25, 0.3) is 0 Å². The Kier molecular flexibility index (Phi) is 4.18. The third-order valence-electron chi connectivity index (χ3n) is 3.08. The van der Waals surface area contributed by atoms with E-state index in [1.165, 1.54) is 37.4 Å². The largest absolute Gasteiger partial charge is 0.465 e. The summed E-state index contributed by atoms with van der Waals surface area (Å²) >= 11 is 0. The molecule has 0 bridgehead atoms. The van der Waals surface area contributed by atoms with Gasteiger partial charge in [-0.2, -0.15) is 18.4 Å². The number of methoxy groups -OCH3 is 1. The molecule has 0 aliphatic heterocycles. The zero-order valence-electron chi connectivity index (χ0n) is 11.4. The van der Waals surface area contributed by atoms with Gasteiger partial charge in [0.15, 0.2) is 0 Å². The molecule has 2 aromatic rings. The minimum absolute atomic E-state index is 0.183. The van der Waals surface area contributed by atoms with Crippen LogP contribution < -0.4 is 0 Å². The number of hydrogen-bond acceptors (Lipinski definition) is 3. The van der Waals surface area contributed by atoms with Crippen molar-refractivity contribution in [3.8, 4) is 17.2 Å². The lowest BCUT2D eigenvalue weighted by Gasteiger charge is -2.09. The average Bonchev–Trinajstić information content (AvgIpc) is 2.52. The van der Waals surface area contributed by atoms with Crippen LogP contribution in [0.15, 0.2) is 42.5 Å². The van der Waals surface area contributed by atoms with Crippen LogP contribution in [0.3, 0.4) is 0 Å². The number of hydrogen-bond donors (Lipinski definition) is 0. The van der Waals surface area contributed by atoms with E-state index < -0.39 is 17.7 Å². The Morgan fingerprint density at radius 2 is 1.77 bits per heavy atom. The summed E-state index contributed by atoms with van der Waals surface area (Å²) < 4.78 is 42.2. The lowest BCUT2D eigenvalue weighted by atomic mass is 9.97. The molecule has 0 saturated heterocycles. The van der Waals surface area contributed by atoms with E-state index in [1.807, 2.05) is 6.07 Å². The second-order valence-corrected chi connectivity index (χ2v) is 4.44. The van der Waals surface area contributed by atoms with Gasteiger partial charge in [0, 0.05) is 0 Å². The summed E-state index contributed by atoms with van der Waals surface area (Å²) in [5, 5.41) is 9.16. The monoisotopic (exact) mass is 305 g/mol. The van der Waals surface area contributed by atoms with Crippen LogP contribution in [0, 0.1) is 11.3 Å². The molecule has 0 unspecified atom stereocenters. The maximum Gasteiger partial charge on any atom is 0.416 e. The highest BCUT2D eigenvalue weighted by atomic mass is 19.4. The first-order chi connectivity index (χ1) is 10.4. The predicted octanol–water partition coefficient (Wildman–Crippen LogP) is 4.03. The standard InChI is InChI=1S/C16H10F3NO2/c1-22-15(21)11-4-7-14(12(8-11)9-20)10-2-5-13(6-3-10)16(17,18)19/h2-8H,1H3. The third kappa shape index (κ3) is 3.09. The molecule has 2 rings (SSSR count). The van der Waals surface area contributed by atoms with Gasteiger partial charge in [0.2, 0.25) is 0 Å². The van der Waals surface area contributed by atoms with E-state index in [4.69, 9.17) is 5.26 Å². The summed E-state index contributed by atoms with van der Waals surface area (Å²) in [4.78, 5) is 11.4. The summed E-state index contributed by atoms with van der Waals surface area (Å²) in [6.45, 7) is 0. The minimum Gasteiger partial charge on any atom is -0.465 e. The molecule has 0 N–H and O–H groups in total. The molecule has 0 atom stereocenters.